The van der Waals surface area contributed by atoms with E-state index in [9.17, 15) is 0 Å². The number of aryl methyl sites for hydroxylation is 1. The van der Waals surface area contributed by atoms with Crippen LogP contribution in [0.1, 0.15) is 12.0 Å². The van der Waals surface area contributed by atoms with E-state index in [0.29, 0.717) is 0 Å². The molecule has 0 spiro atoms. The molecule has 0 amide bonds. The number of aromatic nitrogens is 1. The molecular weight excluding hydrogens is 182 g/mol. The molecule has 3 heteroatoms. The van der Waals surface area contributed by atoms with Gasteiger partial charge in [-0.05, 0) is 36.3 Å². The van der Waals surface area contributed by atoms with Gasteiger partial charge in [-0.3, -0.25) is 0 Å². The molecule has 0 atom stereocenters. The van der Waals surface area contributed by atoms with E-state index in [2.05, 4.69) is 23.7 Å². The van der Waals surface area contributed by atoms with Crippen molar-refractivity contribution < 1.29 is 4.42 Å². The minimum atomic E-state index is 0.872. The van der Waals surface area contributed by atoms with Crippen LogP contribution in [0.4, 0.5) is 0 Å². The Morgan fingerprint density at radius 2 is 2.31 bits per heavy atom. The average molecular weight is 193 g/mol. The zero-order chi connectivity index (χ0) is 9.10. The van der Waals surface area contributed by atoms with Gasteiger partial charge in [0, 0.05) is 0 Å². The SMILES string of the molecule is SCCCc1ccc2ncoc2c1. The van der Waals surface area contributed by atoms with Crippen LogP contribution in [0.25, 0.3) is 11.1 Å². The van der Waals surface area contributed by atoms with Gasteiger partial charge in [0.2, 0.25) is 0 Å². The summed E-state index contributed by atoms with van der Waals surface area (Å²) in [5.74, 6) is 0.925. The first-order chi connectivity index (χ1) is 6.40. The molecule has 0 bridgehead atoms. The summed E-state index contributed by atoms with van der Waals surface area (Å²) >= 11 is 4.18. The molecule has 0 N–H and O–H groups in total. The molecule has 0 saturated carbocycles. The molecule has 2 aromatic rings. The Morgan fingerprint density at radius 1 is 1.38 bits per heavy atom. The predicted molar refractivity (Wildman–Crippen MR) is 56.2 cm³/mol. The van der Waals surface area contributed by atoms with Gasteiger partial charge in [-0.2, -0.15) is 12.6 Å². The van der Waals surface area contributed by atoms with Crippen molar-refractivity contribution in [1.29, 1.82) is 0 Å². The van der Waals surface area contributed by atoms with E-state index < -0.39 is 0 Å². The van der Waals surface area contributed by atoms with Gasteiger partial charge in [-0.25, -0.2) is 4.98 Å². The molecule has 0 aliphatic rings. The van der Waals surface area contributed by atoms with Crippen LogP contribution in [0.3, 0.4) is 0 Å². The van der Waals surface area contributed by atoms with Gasteiger partial charge in [-0.15, -0.1) is 0 Å². The quantitative estimate of drug-likeness (QED) is 0.758. The van der Waals surface area contributed by atoms with Crippen molar-refractivity contribution in [3.8, 4) is 0 Å². The smallest absolute Gasteiger partial charge is 0.181 e. The van der Waals surface area contributed by atoms with Crippen molar-refractivity contribution in [2.24, 2.45) is 0 Å². The van der Waals surface area contributed by atoms with E-state index in [1.54, 1.807) is 0 Å². The van der Waals surface area contributed by atoms with Crippen LogP contribution < -0.4 is 0 Å². The highest BCUT2D eigenvalue weighted by Crippen LogP contribution is 2.15. The zero-order valence-corrected chi connectivity index (χ0v) is 8.13. The molecule has 68 valence electrons. The van der Waals surface area contributed by atoms with Gasteiger partial charge in [0.25, 0.3) is 0 Å². The van der Waals surface area contributed by atoms with Crippen LogP contribution in [-0.4, -0.2) is 10.7 Å². The van der Waals surface area contributed by atoms with Gasteiger partial charge in [-0.1, -0.05) is 6.07 Å². The topological polar surface area (TPSA) is 26.0 Å². The normalized spacial score (nSPS) is 10.8. The van der Waals surface area contributed by atoms with E-state index >= 15 is 0 Å². The zero-order valence-electron chi connectivity index (χ0n) is 7.23. The number of fused-ring (bicyclic) bond motifs is 1. The molecule has 0 aliphatic carbocycles. The van der Waals surface area contributed by atoms with Crippen molar-refractivity contribution >= 4 is 23.7 Å². The second kappa shape index (κ2) is 3.83. The van der Waals surface area contributed by atoms with E-state index in [1.807, 2.05) is 12.1 Å². The highest BCUT2D eigenvalue weighted by atomic mass is 32.1. The van der Waals surface area contributed by atoms with Crippen LogP contribution >= 0.6 is 12.6 Å². The van der Waals surface area contributed by atoms with Crippen LogP contribution in [0.5, 0.6) is 0 Å². The van der Waals surface area contributed by atoms with Gasteiger partial charge in [0.05, 0.1) is 0 Å². The average Bonchev–Trinajstić information content (AvgIpc) is 2.61. The molecule has 2 nitrogen and oxygen atoms in total. The summed E-state index contributed by atoms with van der Waals surface area (Å²) in [6.45, 7) is 0. The molecule has 1 aromatic carbocycles. The third-order valence-corrected chi connectivity index (χ3v) is 2.34. The van der Waals surface area contributed by atoms with Crippen LogP contribution in [0.2, 0.25) is 0 Å². The van der Waals surface area contributed by atoms with E-state index in [-0.39, 0.29) is 0 Å². The summed E-state index contributed by atoms with van der Waals surface area (Å²) in [6.07, 6.45) is 3.63. The number of hydrogen-bond acceptors (Lipinski definition) is 3. The second-order valence-corrected chi connectivity index (χ2v) is 3.43. The molecule has 0 fully saturated rings. The summed E-state index contributed by atoms with van der Waals surface area (Å²) in [7, 11) is 0. The molecular formula is C10H11NOS. The van der Waals surface area contributed by atoms with Crippen LogP contribution in [0.15, 0.2) is 29.0 Å². The number of benzene rings is 1. The maximum Gasteiger partial charge on any atom is 0.181 e. The maximum atomic E-state index is 5.21. The largest absolute Gasteiger partial charge is 0.443 e. The Morgan fingerprint density at radius 3 is 3.15 bits per heavy atom. The number of nitrogens with zero attached hydrogens (tertiary/aromatic N) is 1. The number of oxazole rings is 1. The first-order valence-corrected chi connectivity index (χ1v) is 4.96. The number of thiol groups is 1. The maximum absolute atomic E-state index is 5.21. The summed E-state index contributed by atoms with van der Waals surface area (Å²) < 4.78 is 5.21. The summed E-state index contributed by atoms with van der Waals surface area (Å²) in [5, 5.41) is 0. The fraction of sp³-hybridized carbons (Fsp3) is 0.300. The molecule has 1 heterocycles. The lowest BCUT2D eigenvalue weighted by Crippen LogP contribution is -1.85. The summed E-state index contributed by atoms with van der Waals surface area (Å²) in [4.78, 5) is 4.06. The monoisotopic (exact) mass is 193 g/mol. The predicted octanol–water partition coefficient (Wildman–Crippen LogP) is 2.69. The van der Waals surface area contributed by atoms with E-state index in [4.69, 9.17) is 4.42 Å². The van der Waals surface area contributed by atoms with Gasteiger partial charge in [0.15, 0.2) is 12.0 Å². The molecule has 0 aliphatic heterocycles. The Kier molecular flexibility index (Phi) is 2.54. The fourth-order valence-corrected chi connectivity index (χ4v) is 1.50. The van der Waals surface area contributed by atoms with Gasteiger partial charge in [0.1, 0.15) is 5.52 Å². The molecule has 2 rings (SSSR count). The first-order valence-electron chi connectivity index (χ1n) is 4.33. The lowest BCUT2D eigenvalue weighted by Gasteiger charge is -1.97. The highest BCUT2D eigenvalue weighted by Gasteiger charge is 1.99. The minimum absolute atomic E-state index is 0.872. The molecule has 0 radical (unpaired) electrons. The second-order valence-electron chi connectivity index (χ2n) is 2.98. The Bertz CT molecular complexity index is 396. The van der Waals surface area contributed by atoms with E-state index in [0.717, 1.165) is 29.7 Å². The Labute approximate surface area is 82.4 Å². The number of hydrogen-bond donors (Lipinski definition) is 1. The number of rotatable bonds is 3. The first kappa shape index (κ1) is 8.63. The fourth-order valence-electron chi connectivity index (χ4n) is 1.34. The third kappa shape index (κ3) is 1.86. The summed E-state index contributed by atoms with van der Waals surface area (Å²) in [6, 6.07) is 6.13. The van der Waals surface area contributed by atoms with Gasteiger partial charge >= 0.3 is 0 Å². The highest BCUT2D eigenvalue weighted by molar-refractivity contribution is 7.80. The van der Waals surface area contributed by atoms with Crippen molar-refractivity contribution in [2.75, 3.05) is 5.75 Å². The van der Waals surface area contributed by atoms with Crippen LogP contribution in [-0.2, 0) is 6.42 Å². The lowest BCUT2D eigenvalue weighted by atomic mass is 10.1. The van der Waals surface area contributed by atoms with Gasteiger partial charge < -0.3 is 4.42 Å². The third-order valence-electron chi connectivity index (χ3n) is 2.02. The minimum Gasteiger partial charge on any atom is -0.443 e. The van der Waals surface area contributed by atoms with Crippen molar-refractivity contribution in [3.05, 3.63) is 30.2 Å². The molecule has 0 unspecified atom stereocenters. The molecule has 13 heavy (non-hydrogen) atoms. The van der Waals surface area contributed by atoms with Crippen molar-refractivity contribution in [3.63, 3.8) is 0 Å². The van der Waals surface area contributed by atoms with E-state index in [1.165, 1.54) is 12.0 Å². The Hall–Kier alpha value is -0.960. The van der Waals surface area contributed by atoms with Crippen LogP contribution in [0, 0.1) is 0 Å². The van der Waals surface area contributed by atoms with Crippen molar-refractivity contribution in [2.45, 2.75) is 12.8 Å². The molecule has 0 saturated heterocycles. The van der Waals surface area contributed by atoms with Crippen molar-refractivity contribution in [1.82, 2.24) is 4.98 Å². The molecule has 1 aromatic heterocycles. The standard InChI is InChI=1S/C10H11NOS/c13-5-1-2-8-3-4-9-10(6-8)12-7-11-9/h3-4,6-7,13H,1-2,5H2. The lowest BCUT2D eigenvalue weighted by molar-refractivity contribution is 0.601. The Balaban J connectivity index is 2.26. The summed E-state index contributed by atoms with van der Waals surface area (Å²) in [5.41, 5.74) is 3.09.